The van der Waals surface area contributed by atoms with Gasteiger partial charge in [0.05, 0.1) is 13.2 Å². The van der Waals surface area contributed by atoms with Crippen molar-refractivity contribution in [2.45, 2.75) is 51.1 Å². The van der Waals surface area contributed by atoms with Gasteiger partial charge >= 0.3 is 0 Å². The van der Waals surface area contributed by atoms with E-state index in [2.05, 4.69) is 32.0 Å². The third kappa shape index (κ3) is 3.30. The van der Waals surface area contributed by atoms with Crippen molar-refractivity contribution in [3.05, 3.63) is 17.5 Å². The van der Waals surface area contributed by atoms with E-state index >= 15 is 0 Å². The lowest BCUT2D eigenvalue weighted by Gasteiger charge is -2.51. The molecule has 7 heteroatoms. The number of anilines is 1. The molecule has 1 N–H and O–H groups in total. The van der Waals surface area contributed by atoms with Crippen molar-refractivity contribution in [1.29, 1.82) is 0 Å². The quantitative estimate of drug-likeness (QED) is 0.860. The molecule has 0 radical (unpaired) electrons. The first-order chi connectivity index (χ1) is 12.6. The summed E-state index contributed by atoms with van der Waals surface area (Å²) in [7, 11) is 0. The number of amides is 1. The molecule has 0 aromatic carbocycles. The van der Waals surface area contributed by atoms with Crippen molar-refractivity contribution < 1.29 is 9.53 Å². The summed E-state index contributed by atoms with van der Waals surface area (Å²) in [6.07, 6.45) is 4.34. The minimum atomic E-state index is 0.0290. The Hall–Kier alpha value is -1.73. The summed E-state index contributed by atoms with van der Waals surface area (Å²) in [5.74, 6) is 0.697. The van der Waals surface area contributed by atoms with Gasteiger partial charge in [0, 0.05) is 36.9 Å². The number of morpholine rings is 1. The second-order valence-corrected chi connectivity index (χ2v) is 7.90. The molecule has 7 nitrogen and oxygen atoms in total. The molecular weight excluding hydrogens is 330 g/mol. The number of ether oxygens (including phenoxy) is 1. The minimum absolute atomic E-state index is 0.0290. The number of carbonyl (C=O) groups is 1. The lowest BCUT2D eigenvalue weighted by atomic mass is 9.77. The Balaban J connectivity index is 1.60. The van der Waals surface area contributed by atoms with Crippen LogP contribution in [-0.2, 0) is 4.74 Å². The molecule has 3 saturated heterocycles. The van der Waals surface area contributed by atoms with E-state index in [0.717, 1.165) is 57.6 Å². The van der Waals surface area contributed by atoms with Gasteiger partial charge in [-0.15, -0.1) is 0 Å². The predicted octanol–water partition coefficient (Wildman–Crippen LogP) is 1.37. The van der Waals surface area contributed by atoms with Crippen LogP contribution >= 0.6 is 0 Å². The number of carbonyl (C=O) groups excluding carboxylic acids is 1. The van der Waals surface area contributed by atoms with E-state index < -0.39 is 0 Å². The molecule has 3 aliphatic heterocycles. The molecule has 3 aliphatic rings. The molecule has 2 atom stereocenters. The van der Waals surface area contributed by atoms with E-state index in [9.17, 15) is 4.79 Å². The maximum absolute atomic E-state index is 13.3. The molecule has 0 saturated carbocycles. The summed E-state index contributed by atoms with van der Waals surface area (Å²) in [6, 6.07) is 2.08. The Labute approximate surface area is 155 Å². The average Bonchev–Trinajstić information content (AvgIpc) is 2.66. The zero-order valence-electron chi connectivity index (χ0n) is 15.8. The Morgan fingerprint density at radius 3 is 2.88 bits per heavy atom. The number of rotatable bonds is 2. The van der Waals surface area contributed by atoms with Gasteiger partial charge in [0.2, 0.25) is 5.95 Å². The highest BCUT2D eigenvalue weighted by Crippen LogP contribution is 2.34. The monoisotopic (exact) mass is 359 g/mol. The number of fused-ring (bicyclic) bond motifs is 1. The maximum atomic E-state index is 13.3. The molecule has 0 unspecified atom stereocenters. The van der Waals surface area contributed by atoms with Crippen LogP contribution in [0.15, 0.2) is 6.07 Å². The smallest absolute Gasteiger partial charge is 0.272 e. The highest BCUT2D eigenvalue weighted by molar-refractivity contribution is 5.93. The van der Waals surface area contributed by atoms with Gasteiger partial charge in [-0.1, -0.05) is 0 Å². The zero-order chi connectivity index (χ0) is 18.1. The molecule has 1 amide bonds. The van der Waals surface area contributed by atoms with Gasteiger partial charge in [-0.2, -0.15) is 0 Å². The van der Waals surface area contributed by atoms with Crippen LogP contribution < -0.4 is 10.2 Å². The molecule has 4 rings (SSSR count). The fraction of sp³-hybridized carbons (Fsp3) is 0.737. The highest BCUT2D eigenvalue weighted by Gasteiger charge is 2.44. The van der Waals surface area contributed by atoms with Crippen molar-refractivity contribution in [1.82, 2.24) is 20.2 Å². The molecule has 1 aromatic rings. The highest BCUT2D eigenvalue weighted by atomic mass is 16.5. The third-order valence-electron chi connectivity index (χ3n) is 6.01. The Morgan fingerprint density at radius 2 is 2.08 bits per heavy atom. The Bertz CT molecular complexity index is 672. The number of hydrogen-bond donors (Lipinski definition) is 1. The summed E-state index contributed by atoms with van der Waals surface area (Å²) in [5, 5.41) is 3.66. The van der Waals surface area contributed by atoms with Gasteiger partial charge in [-0.3, -0.25) is 4.79 Å². The molecular formula is C19H29N5O2. The maximum Gasteiger partial charge on any atom is 0.272 e. The second-order valence-electron chi connectivity index (χ2n) is 7.90. The third-order valence-corrected chi connectivity index (χ3v) is 6.01. The van der Waals surface area contributed by atoms with Gasteiger partial charge < -0.3 is 19.9 Å². The van der Waals surface area contributed by atoms with Gasteiger partial charge in [0.25, 0.3) is 5.91 Å². The minimum Gasteiger partial charge on any atom is -0.378 e. The largest absolute Gasteiger partial charge is 0.378 e. The van der Waals surface area contributed by atoms with E-state index in [4.69, 9.17) is 4.74 Å². The molecule has 0 spiro atoms. The predicted molar refractivity (Wildman–Crippen MR) is 99.5 cm³/mol. The van der Waals surface area contributed by atoms with Crippen LogP contribution in [0.25, 0.3) is 0 Å². The molecule has 1 aromatic heterocycles. The van der Waals surface area contributed by atoms with Gasteiger partial charge in [0.15, 0.2) is 0 Å². The lowest BCUT2D eigenvalue weighted by Crippen LogP contribution is -2.65. The fourth-order valence-corrected chi connectivity index (χ4v) is 4.59. The van der Waals surface area contributed by atoms with Gasteiger partial charge in [-0.05, 0) is 52.1 Å². The zero-order valence-corrected chi connectivity index (χ0v) is 15.8. The van der Waals surface area contributed by atoms with E-state index in [1.807, 2.05) is 13.0 Å². The van der Waals surface area contributed by atoms with E-state index in [0.29, 0.717) is 24.9 Å². The van der Waals surface area contributed by atoms with Crippen LogP contribution in [0, 0.1) is 6.92 Å². The molecule has 26 heavy (non-hydrogen) atoms. The van der Waals surface area contributed by atoms with Crippen molar-refractivity contribution in [2.75, 3.05) is 44.3 Å². The molecule has 0 bridgehead atoms. The first kappa shape index (κ1) is 17.7. The number of nitrogens with one attached hydrogen (secondary N) is 1. The molecule has 0 aliphatic carbocycles. The summed E-state index contributed by atoms with van der Waals surface area (Å²) in [6.45, 7) is 8.96. The SMILES string of the molecule is Cc1cc(C(=O)N2CCC[C@]3(C)NCCC[C@@H]23)nc(N2CCOCC2)n1. The van der Waals surface area contributed by atoms with E-state index in [1.54, 1.807) is 0 Å². The topological polar surface area (TPSA) is 70.6 Å². The average molecular weight is 359 g/mol. The van der Waals surface area contributed by atoms with Crippen molar-refractivity contribution >= 4 is 11.9 Å². The van der Waals surface area contributed by atoms with Crippen LogP contribution in [0.2, 0.25) is 0 Å². The summed E-state index contributed by atoms with van der Waals surface area (Å²) in [5.41, 5.74) is 1.39. The standard InChI is InChI=1S/C19H29N5O2/c1-14-13-15(22-18(21-14)23-9-11-26-12-10-23)17(25)24-8-4-6-19(2)16(24)5-3-7-20-19/h13,16,20H,3-12H2,1-2H3/t16-,19+/m1/s1. The summed E-state index contributed by atoms with van der Waals surface area (Å²) < 4.78 is 5.42. The van der Waals surface area contributed by atoms with E-state index in [1.165, 1.54) is 0 Å². The number of likely N-dealkylation sites (tertiary alicyclic amines) is 1. The van der Waals surface area contributed by atoms with Crippen LogP contribution in [0.5, 0.6) is 0 Å². The number of aryl methyl sites for hydroxylation is 1. The van der Waals surface area contributed by atoms with Crippen LogP contribution in [0.1, 0.15) is 48.8 Å². The second kappa shape index (κ2) is 7.12. The number of aromatic nitrogens is 2. The number of hydrogen-bond acceptors (Lipinski definition) is 6. The number of nitrogens with zero attached hydrogens (tertiary/aromatic N) is 4. The van der Waals surface area contributed by atoms with Gasteiger partial charge in [-0.25, -0.2) is 9.97 Å². The van der Waals surface area contributed by atoms with Crippen molar-refractivity contribution in [2.24, 2.45) is 0 Å². The Morgan fingerprint density at radius 1 is 1.27 bits per heavy atom. The van der Waals surface area contributed by atoms with Crippen molar-refractivity contribution in [3.63, 3.8) is 0 Å². The van der Waals surface area contributed by atoms with E-state index in [-0.39, 0.29) is 17.5 Å². The summed E-state index contributed by atoms with van der Waals surface area (Å²) in [4.78, 5) is 26.7. The Kier molecular flexibility index (Phi) is 4.84. The first-order valence-electron chi connectivity index (χ1n) is 9.81. The molecule has 142 valence electrons. The fourth-order valence-electron chi connectivity index (χ4n) is 4.59. The molecule has 3 fully saturated rings. The van der Waals surface area contributed by atoms with Crippen molar-refractivity contribution in [3.8, 4) is 0 Å². The lowest BCUT2D eigenvalue weighted by molar-refractivity contribution is 0.0248. The van der Waals surface area contributed by atoms with Gasteiger partial charge in [0.1, 0.15) is 5.69 Å². The molecule has 4 heterocycles. The van der Waals surface area contributed by atoms with Crippen LogP contribution in [0.4, 0.5) is 5.95 Å². The first-order valence-corrected chi connectivity index (χ1v) is 9.81. The number of piperidine rings is 2. The summed E-state index contributed by atoms with van der Waals surface area (Å²) >= 11 is 0. The normalized spacial score (nSPS) is 29.4. The van der Waals surface area contributed by atoms with Crippen LogP contribution in [-0.4, -0.2) is 71.7 Å². The van der Waals surface area contributed by atoms with Crippen LogP contribution in [0.3, 0.4) is 0 Å².